The summed E-state index contributed by atoms with van der Waals surface area (Å²) in [6.07, 6.45) is 0. The van der Waals surface area contributed by atoms with Gasteiger partial charge in [-0.1, -0.05) is 50.8 Å². The molecule has 0 saturated carbocycles. The van der Waals surface area contributed by atoms with Gasteiger partial charge in [0.2, 0.25) is 8.32 Å². The largest absolute Gasteiger partial charge is 0.544 e. The average Bonchev–Trinajstić information content (AvgIpc) is 2.16. The average molecular weight is 234 g/mol. The first-order valence-corrected chi connectivity index (χ1v) is 8.95. The minimum absolute atomic E-state index is 0.685. The van der Waals surface area contributed by atoms with Crippen molar-refractivity contribution in [3.63, 3.8) is 0 Å². The second kappa shape index (κ2) is 5.35. The van der Waals surface area contributed by atoms with E-state index < -0.39 is 8.32 Å². The first-order chi connectivity index (χ1) is 7.41. The standard InChI is InChI=1S/C14H22OSi/c1-12(2)11-16(4,5)15-13(3)14-9-7-6-8-10-14/h6-10,12H,3,11H2,1-2,4-5H3. The topological polar surface area (TPSA) is 9.23 Å². The van der Waals surface area contributed by atoms with Crippen LogP contribution in [0.15, 0.2) is 36.9 Å². The third-order valence-electron chi connectivity index (χ3n) is 2.40. The molecule has 0 fully saturated rings. The zero-order chi connectivity index (χ0) is 12.2. The molecule has 1 aromatic carbocycles. The lowest BCUT2D eigenvalue weighted by Gasteiger charge is -2.27. The normalized spacial score (nSPS) is 11.6. The van der Waals surface area contributed by atoms with Crippen LogP contribution in [0.5, 0.6) is 0 Å². The smallest absolute Gasteiger partial charge is 0.245 e. The highest BCUT2D eigenvalue weighted by molar-refractivity contribution is 6.72. The summed E-state index contributed by atoms with van der Waals surface area (Å²) in [5, 5.41) is 0. The van der Waals surface area contributed by atoms with Gasteiger partial charge in [0.1, 0.15) is 5.76 Å². The van der Waals surface area contributed by atoms with Crippen LogP contribution in [0, 0.1) is 5.92 Å². The van der Waals surface area contributed by atoms with E-state index in [1.165, 1.54) is 6.04 Å². The van der Waals surface area contributed by atoms with Crippen LogP contribution in [0.2, 0.25) is 19.1 Å². The monoisotopic (exact) mass is 234 g/mol. The lowest BCUT2D eigenvalue weighted by molar-refractivity contribution is 0.491. The molecule has 0 bridgehead atoms. The molecule has 0 N–H and O–H groups in total. The van der Waals surface area contributed by atoms with E-state index in [1.807, 2.05) is 30.3 Å². The van der Waals surface area contributed by atoms with Gasteiger partial charge in [-0.25, -0.2) is 0 Å². The number of hydrogen-bond acceptors (Lipinski definition) is 1. The van der Waals surface area contributed by atoms with Crippen molar-refractivity contribution in [2.24, 2.45) is 5.92 Å². The summed E-state index contributed by atoms with van der Waals surface area (Å²) in [4.78, 5) is 0. The molecule has 1 nitrogen and oxygen atoms in total. The van der Waals surface area contributed by atoms with E-state index in [1.54, 1.807) is 0 Å². The maximum Gasteiger partial charge on any atom is 0.245 e. The molecule has 0 heterocycles. The molecule has 0 atom stereocenters. The zero-order valence-electron chi connectivity index (χ0n) is 10.8. The first-order valence-electron chi connectivity index (χ1n) is 5.84. The summed E-state index contributed by atoms with van der Waals surface area (Å²) >= 11 is 0. The van der Waals surface area contributed by atoms with Crippen LogP contribution in [-0.4, -0.2) is 8.32 Å². The molecule has 1 aromatic rings. The minimum Gasteiger partial charge on any atom is -0.544 e. The predicted octanol–water partition coefficient (Wildman–Crippen LogP) is 4.54. The molecule has 0 aliphatic heterocycles. The molecule has 16 heavy (non-hydrogen) atoms. The quantitative estimate of drug-likeness (QED) is 0.537. The van der Waals surface area contributed by atoms with Crippen LogP contribution in [0.4, 0.5) is 0 Å². The molecule has 0 aromatic heterocycles. The molecule has 0 aliphatic carbocycles. The number of benzene rings is 1. The summed E-state index contributed by atoms with van der Waals surface area (Å²) in [6.45, 7) is 13.0. The van der Waals surface area contributed by atoms with Gasteiger partial charge >= 0.3 is 0 Å². The molecular weight excluding hydrogens is 212 g/mol. The van der Waals surface area contributed by atoms with Gasteiger partial charge in [-0.15, -0.1) is 0 Å². The van der Waals surface area contributed by atoms with Crippen LogP contribution in [0.3, 0.4) is 0 Å². The Balaban J connectivity index is 2.64. The Morgan fingerprint density at radius 1 is 1.25 bits per heavy atom. The highest BCUT2D eigenvalue weighted by Crippen LogP contribution is 2.24. The van der Waals surface area contributed by atoms with Crippen molar-refractivity contribution in [3.8, 4) is 0 Å². The van der Waals surface area contributed by atoms with Gasteiger partial charge in [-0.2, -0.15) is 0 Å². The summed E-state index contributed by atoms with van der Waals surface area (Å²) in [5.74, 6) is 1.50. The molecule has 0 amide bonds. The first kappa shape index (κ1) is 13.0. The SMILES string of the molecule is C=C(O[Si](C)(C)CC(C)C)c1ccccc1. The maximum atomic E-state index is 6.08. The Morgan fingerprint density at radius 3 is 2.31 bits per heavy atom. The molecule has 0 aliphatic rings. The summed E-state index contributed by atoms with van der Waals surface area (Å²) in [6, 6.07) is 11.3. The Bertz CT molecular complexity index is 341. The van der Waals surface area contributed by atoms with E-state index in [-0.39, 0.29) is 0 Å². The van der Waals surface area contributed by atoms with Gasteiger partial charge in [0, 0.05) is 5.56 Å². The van der Waals surface area contributed by atoms with Crippen LogP contribution in [-0.2, 0) is 4.43 Å². The molecule has 88 valence electrons. The van der Waals surface area contributed by atoms with Crippen molar-refractivity contribution in [2.75, 3.05) is 0 Å². The number of hydrogen-bond donors (Lipinski definition) is 0. The van der Waals surface area contributed by atoms with E-state index >= 15 is 0 Å². The Hall–Kier alpha value is -1.02. The van der Waals surface area contributed by atoms with Crippen molar-refractivity contribution < 1.29 is 4.43 Å². The lowest BCUT2D eigenvalue weighted by atomic mass is 10.2. The zero-order valence-corrected chi connectivity index (χ0v) is 11.8. The Morgan fingerprint density at radius 2 is 1.81 bits per heavy atom. The molecule has 1 rings (SSSR count). The van der Waals surface area contributed by atoms with Gasteiger partial charge < -0.3 is 4.43 Å². The maximum absolute atomic E-state index is 6.08. The fourth-order valence-electron chi connectivity index (χ4n) is 2.04. The van der Waals surface area contributed by atoms with Gasteiger partial charge in [-0.05, 0) is 25.1 Å². The highest BCUT2D eigenvalue weighted by atomic mass is 28.4. The van der Waals surface area contributed by atoms with Gasteiger partial charge in [0.05, 0.1) is 0 Å². The van der Waals surface area contributed by atoms with Crippen molar-refractivity contribution in [1.29, 1.82) is 0 Å². The van der Waals surface area contributed by atoms with E-state index in [9.17, 15) is 0 Å². The van der Waals surface area contributed by atoms with E-state index in [2.05, 4.69) is 33.5 Å². The molecule has 0 spiro atoms. The van der Waals surface area contributed by atoms with Crippen molar-refractivity contribution in [1.82, 2.24) is 0 Å². The summed E-state index contributed by atoms with van der Waals surface area (Å²) in [7, 11) is -1.61. The fraction of sp³-hybridized carbons (Fsp3) is 0.429. The van der Waals surface area contributed by atoms with E-state index in [4.69, 9.17) is 4.43 Å². The van der Waals surface area contributed by atoms with Gasteiger partial charge in [0.15, 0.2) is 0 Å². The third-order valence-corrected chi connectivity index (χ3v) is 4.99. The van der Waals surface area contributed by atoms with E-state index in [0.29, 0.717) is 5.92 Å². The third kappa shape index (κ3) is 4.23. The van der Waals surface area contributed by atoms with E-state index in [0.717, 1.165) is 11.3 Å². The Labute approximate surface area is 100 Å². The van der Waals surface area contributed by atoms with Crippen LogP contribution in [0.25, 0.3) is 5.76 Å². The van der Waals surface area contributed by atoms with Gasteiger partial charge in [0.25, 0.3) is 0 Å². The van der Waals surface area contributed by atoms with Gasteiger partial charge in [-0.3, -0.25) is 0 Å². The predicted molar refractivity (Wildman–Crippen MR) is 73.7 cm³/mol. The van der Waals surface area contributed by atoms with Crippen molar-refractivity contribution in [3.05, 3.63) is 42.5 Å². The molecule has 0 radical (unpaired) electrons. The van der Waals surface area contributed by atoms with Crippen LogP contribution >= 0.6 is 0 Å². The molecule has 0 saturated heterocycles. The lowest BCUT2D eigenvalue weighted by Crippen LogP contribution is -2.31. The van der Waals surface area contributed by atoms with Crippen molar-refractivity contribution in [2.45, 2.75) is 33.0 Å². The summed E-state index contributed by atoms with van der Waals surface area (Å²) < 4.78 is 6.08. The fourth-order valence-corrected chi connectivity index (χ4v) is 4.88. The molecule has 0 unspecified atom stereocenters. The number of rotatable bonds is 5. The second-order valence-corrected chi connectivity index (χ2v) is 9.38. The van der Waals surface area contributed by atoms with Crippen molar-refractivity contribution >= 4 is 14.1 Å². The molecule has 2 heteroatoms. The second-order valence-electron chi connectivity index (χ2n) is 5.25. The summed E-state index contributed by atoms with van der Waals surface area (Å²) in [5.41, 5.74) is 1.09. The van der Waals surface area contributed by atoms with Crippen LogP contribution in [0.1, 0.15) is 19.4 Å². The highest BCUT2D eigenvalue weighted by Gasteiger charge is 2.26. The minimum atomic E-state index is -1.61. The Kier molecular flexibility index (Phi) is 4.36. The van der Waals surface area contributed by atoms with Crippen LogP contribution < -0.4 is 0 Å². The molecular formula is C14H22OSi.